The summed E-state index contributed by atoms with van der Waals surface area (Å²) in [5, 5.41) is 4.60. The van der Waals surface area contributed by atoms with E-state index in [-0.39, 0.29) is 19.6 Å². The van der Waals surface area contributed by atoms with Crippen molar-refractivity contribution in [3.05, 3.63) is 16.3 Å². The Hall–Kier alpha value is -1.41. The van der Waals surface area contributed by atoms with Crippen molar-refractivity contribution < 1.29 is 32.7 Å². The minimum absolute atomic E-state index is 0.162. The number of rotatable bonds is 9. The number of amides is 1. The van der Waals surface area contributed by atoms with Gasteiger partial charge in [-0.15, -0.1) is 11.3 Å². The zero-order valence-corrected chi connectivity index (χ0v) is 18.3. The van der Waals surface area contributed by atoms with E-state index in [2.05, 4.69) is 5.32 Å². The second-order valence-corrected chi connectivity index (χ2v) is 9.55. The molecule has 0 saturated carbocycles. The summed E-state index contributed by atoms with van der Waals surface area (Å²) in [5.41, 5.74) is -0.692. The molecule has 0 aliphatic carbocycles. The van der Waals surface area contributed by atoms with Crippen molar-refractivity contribution >= 4 is 36.3 Å². The fourth-order valence-electron chi connectivity index (χ4n) is 2.13. The maximum Gasteiger partial charge on any atom is 0.408 e. The van der Waals surface area contributed by atoms with Crippen LogP contribution >= 0.6 is 18.9 Å². The molecule has 0 aliphatic heterocycles. The first-order valence-electron chi connectivity index (χ1n) is 8.59. The van der Waals surface area contributed by atoms with E-state index in [1.807, 2.05) is 0 Å². The van der Waals surface area contributed by atoms with Crippen molar-refractivity contribution in [2.75, 3.05) is 20.3 Å². The fraction of sp³-hybridized carbons (Fsp3) is 0.647. The van der Waals surface area contributed by atoms with Crippen LogP contribution in [0.1, 0.15) is 39.5 Å². The number of nitrogens with one attached hydrogen (secondary N) is 1. The molecule has 27 heavy (non-hydrogen) atoms. The summed E-state index contributed by atoms with van der Waals surface area (Å²) in [6.45, 7) is 9.13. The highest BCUT2D eigenvalue weighted by atomic mass is 32.1. The Kier molecular flexibility index (Phi) is 8.94. The minimum Gasteiger partial charge on any atom is -0.467 e. The number of hydrogen-bond acceptors (Lipinski definition) is 8. The lowest BCUT2D eigenvalue weighted by Crippen LogP contribution is -2.45. The maximum absolute atomic E-state index is 12.8. The summed E-state index contributed by atoms with van der Waals surface area (Å²) in [4.78, 5) is 24.7. The minimum atomic E-state index is -3.40. The number of ether oxygens (including phenoxy) is 2. The van der Waals surface area contributed by atoms with Crippen LogP contribution in [0.3, 0.4) is 0 Å². The van der Waals surface area contributed by atoms with Crippen molar-refractivity contribution in [3.8, 4) is 0 Å². The monoisotopic (exact) mass is 421 g/mol. The maximum atomic E-state index is 12.8. The van der Waals surface area contributed by atoms with Crippen molar-refractivity contribution in [3.63, 3.8) is 0 Å². The molecule has 0 saturated heterocycles. The molecule has 8 nitrogen and oxygen atoms in total. The molecule has 1 heterocycles. The molecule has 0 unspecified atom stereocenters. The van der Waals surface area contributed by atoms with Gasteiger partial charge in [-0.05, 0) is 40.7 Å². The number of carbonyl (C=O) groups is 2. The van der Waals surface area contributed by atoms with E-state index in [4.69, 9.17) is 18.5 Å². The van der Waals surface area contributed by atoms with Gasteiger partial charge in [0.1, 0.15) is 11.6 Å². The molecule has 1 aromatic rings. The fourth-order valence-corrected chi connectivity index (χ4v) is 5.06. The van der Waals surface area contributed by atoms with Crippen LogP contribution in [0.4, 0.5) is 4.79 Å². The van der Waals surface area contributed by atoms with E-state index in [1.165, 1.54) is 18.4 Å². The molecule has 1 amide bonds. The molecule has 0 fully saturated rings. The van der Waals surface area contributed by atoms with Crippen LogP contribution in [0.15, 0.2) is 11.4 Å². The Labute approximate surface area is 164 Å². The van der Waals surface area contributed by atoms with Crippen LogP contribution in [0.2, 0.25) is 0 Å². The standard InChI is InChI=1S/C17H28NO7PS/c1-7-23-26(21,24-8-2)12-9-13(27-11-12)10-14(15(19)22-6)18-16(20)25-17(3,4)5/h9,11,14H,7-8,10H2,1-6H3,(H,18,20)/t14-/m0/s1. The summed E-state index contributed by atoms with van der Waals surface area (Å²) >= 11 is 1.29. The quantitative estimate of drug-likeness (QED) is 0.482. The van der Waals surface area contributed by atoms with Gasteiger partial charge < -0.3 is 23.8 Å². The number of thiophene rings is 1. The molecule has 1 atom stereocenters. The first kappa shape index (κ1) is 23.6. The number of methoxy groups -OCH3 is 1. The van der Waals surface area contributed by atoms with Gasteiger partial charge in [-0.3, -0.25) is 4.57 Å². The van der Waals surface area contributed by atoms with Crippen LogP contribution in [0.5, 0.6) is 0 Å². The van der Waals surface area contributed by atoms with E-state index in [1.54, 1.807) is 46.1 Å². The summed E-state index contributed by atoms with van der Waals surface area (Å²) in [5.74, 6) is -0.603. The van der Waals surface area contributed by atoms with Gasteiger partial charge in [-0.2, -0.15) is 0 Å². The van der Waals surface area contributed by atoms with Crippen LogP contribution < -0.4 is 10.6 Å². The van der Waals surface area contributed by atoms with Crippen LogP contribution in [0.25, 0.3) is 0 Å². The lowest BCUT2D eigenvalue weighted by molar-refractivity contribution is -0.143. The number of carbonyl (C=O) groups excluding carboxylic acids is 2. The van der Waals surface area contributed by atoms with E-state index in [9.17, 15) is 14.2 Å². The lowest BCUT2D eigenvalue weighted by Gasteiger charge is -2.22. The van der Waals surface area contributed by atoms with Gasteiger partial charge in [0, 0.05) is 16.7 Å². The molecule has 1 rings (SSSR count). The van der Waals surface area contributed by atoms with Crippen LogP contribution in [0, 0.1) is 0 Å². The topological polar surface area (TPSA) is 100 Å². The number of hydrogen-bond donors (Lipinski definition) is 1. The van der Waals surface area contributed by atoms with Crippen LogP contribution in [-0.2, 0) is 34.3 Å². The van der Waals surface area contributed by atoms with E-state index >= 15 is 0 Å². The third-order valence-corrected chi connectivity index (χ3v) is 6.36. The van der Waals surface area contributed by atoms with Gasteiger partial charge in [-0.25, -0.2) is 9.59 Å². The van der Waals surface area contributed by atoms with Crippen LogP contribution in [-0.4, -0.2) is 44.0 Å². The summed E-state index contributed by atoms with van der Waals surface area (Å²) in [7, 11) is -2.16. The summed E-state index contributed by atoms with van der Waals surface area (Å²) < 4.78 is 33.4. The molecule has 10 heteroatoms. The van der Waals surface area contributed by atoms with Gasteiger partial charge in [0.15, 0.2) is 0 Å². The van der Waals surface area contributed by atoms with E-state index in [0.717, 1.165) is 4.88 Å². The molecule has 1 N–H and O–H groups in total. The average molecular weight is 421 g/mol. The molecule has 154 valence electrons. The third kappa shape index (κ3) is 7.62. The second-order valence-electron chi connectivity index (χ2n) is 6.53. The molecule has 0 aromatic carbocycles. The SMILES string of the molecule is CCOP(=O)(OCC)c1csc(C[C@H](NC(=O)OC(C)(C)C)C(=O)OC)c1. The Bertz CT molecular complexity index is 673. The lowest BCUT2D eigenvalue weighted by atomic mass is 10.2. The van der Waals surface area contributed by atoms with Gasteiger partial charge in [0.2, 0.25) is 0 Å². The molecule has 0 spiro atoms. The average Bonchev–Trinajstić information content (AvgIpc) is 3.01. The zero-order chi connectivity index (χ0) is 20.7. The second kappa shape index (κ2) is 10.2. The highest BCUT2D eigenvalue weighted by Crippen LogP contribution is 2.47. The summed E-state index contributed by atoms with van der Waals surface area (Å²) in [6, 6.07) is 0.721. The molecular formula is C17H28NO7PS. The normalized spacial score (nSPS) is 13.1. The van der Waals surface area contributed by atoms with Crippen molar-refractivity contribution in [2.45, 2.75) is 52.7 Å². The highest BCUT2D eigenvalue weighted by Gasteiger charge is 2.30. The number of alkyl carbamates (subject to hydrolysis) is 1. The Morgan fingerprint density at radius 2 is 1.81 bits per heavy atom. The van der Waals surface area contributed by atoms with Gasteiger partial charge in [0.25, 0.3) is 0 Å². The predicted molar refractivity (Wildman–Crippen MR) is 104 cm³/mol. The van der Waals surface area contributed by atoms with Crippen molar-refractivity contribution in [1.29, 1.82) is 0 Å². The zero-order valence-electron chi connectivity index (χ0n) is 16.6. The molecular weight excluding hydrogens is 393 g/mol. The van der Waals surface area contributed by atoms with Gasteiger partial charge >= 0.3 is 19.7 Å². The third-order valence-electron chi connectivity index (χ3n) is 3.14. The Balaban J connectivity index is 2.94. The van der Waals surface area contributed by atoms with Crippen molar-refractivity contribution in [2.24, 2.45) is 0 Å². The Morgan fingerprint density at radius 3 is 2.30 bits per heavy atom. The largest absolute Gasteiger partial charge is 0.467 e. The smallest absolute Gasteiger partial charge is 0.408 e. The molecule has 1 aromatic heterocycles. The van der Waals surface area contributed by atoms with Gasteiger partial charge in [0.05, 0.1) is 25.6 Å². The van der Waals surface area contributed by atoms with Crippen molar-refractivity contribution in [1.82, 2.24) is 5.32 Å². The number of esters is 1. The van der Waals surface area contributed by atoms with Gasteiger partial charge in [-0.1, -0.05) is 0 Å². The first-order chi connectivity index (χ1) is 12.5. The first-order valence-corrected chi connectivity index (χ1v) is 11.0. The highest BCUT2D eigenvalue weighted by molar-refractivity contribution is 7.62. The molecule has 0 radical (unpaired) electrons. The predicted octanol–water partition coefficient (Wildman–Crippen LogP) is 3.25. The van der Waals surface area contributed by atoms with E-state index < -0.39 is 31.3 Å². The molecule has 0 aliphatic rings. The Morgan fingerprint density at radius 1 is 1.22 bits per heavy atom. The summed E-state index contributed by atoms with van der Waals surface area (Å²) in [6.07, 6.45) is -0.557. The van der Waals surface area contributed by atoms with E-state index in [0.29, 0.717) is 5.30 Å². The molecule has 0 bridgehead atoms.